The molecule has 0 heterocycles. The monoisotopic (exact) mass is 185 g/mol. The molecule has 0 aliphatic heterocycles. The molecule has 0 radical (unpaired) electrons. The zero-order valence-electron chi connectivity index (χ0n) is 5.82. The van der Waals surface area contributed by atoms with E-state index in [1.165, 1.54) is 0 Å². The van der Waals surface area contributed by atoms with E-state index in [4.69, 9.17) is 9.81 Å². The quantitative estimate of drug-likeness (QED) is 0.670. The molecule has 1 aromatic carbocycles. The van der Waals surface area contributed by atoms with E-state index in [9.17, 15) is 8.60 Å². The topological polar surface area (TPSA) is 61.1 Å². The SMILES string of the molecule is N#Cc1cc(F)ccc1S(=O)O. The van der Waals surface area contributed by atoms with E-state index >= 15 is 0 Å². The summed E-state index contributed by atoms with van der Waals surface area (Å²) in [6.45, 7) is 0. The van der Waals surface area contributed by atoms with Gasteiger partial charge in [-0.05, 0) is 18.2 Å². The summed E-state index contributed by atoms with van der Waals surface area (Å²) in [7, 11) is 0. The summed E-state index contributed by atoms with van der Waals surface area (Å²) in [6, 6.07) is 4.69. The molecule has 5 heteroatoms. The number of halogens is 1. The van der Waals surface area contributed by atoms with E-state index in [-0.39, 0.29) is 10.5 Å². The fraction of sp³-hybridized carbons (Fsp3) is 0. The first-order valence-corrected chi connectivity index (χ1v) is 4.06. The van der Waals surface area contributed by atoms with Gasteiger partial charge in [-0.3, -0.25) is 0 Å². The third kappa shape index (κ3) is 1.67. The second kappa shape index (κ2) is 3.43. The molecule has 0 amide bonds. The van der Waals surface area contributed by atoms with Gasteiger partial charge in [-0.25, -0.2) is 8.60 Å². The van der Waals surface area contributed by atoms with Gasteiger partial charge in [-0.15, -0.1) is 0 Å². The molecule has 0 aliphatic carbocycles. The largest absolute Gasteiger partial charge is 0.302 e. The van der Waals surface area contributed by atoms with E-state index in [2.05, 4.69) is 0 Å². The van der Waals surface area contributed by atoms with Crippen molar-refractivity contribution < 1.29 is 13.2 Å². The van der Waals surface area contributed by atoms with Crippen LogP contribution >= 0.6 is 0 Å². The molecule has 1 atom stereocenters. The average Bonchev–Trinajstić information content (AvgIpc) is 2.03. The van der Waals surface area contributed by atoms with Gasteiger partial charge in [0.2, 0.25) is 0 Å². The van der Waals surface area contributed by atoms with Crippen molar-refractivity contribution in [1.82, 2.24) is 0 Å². The van der Waals surface area contributed by atoms with Crippen molar-refractivity contribution in [2.24, 2.45) is 0 Å². The summed E-state index contributed by atoms with van der Waals surface area (Å²) < 4.78 is 31.6. The number of hydrogen-bond acceptors (Lipinski definition) is 2. The van der Waals surface area contributed by atoms with Crippen molar-refractivity contribution in [2.45, 2.75) is 4.90 Å². The first-order valence-electron chi connectivity index (χ1n) is 2.95. The van der Waals surface area contributed by atoms with Crippen LogP contribution in [0, 0.1) is 17.1 Å². The molecule has 0 aromatic heterocycles. The molecule has 0 fully saturated rings. The van der Waals surface area contributed by atoms with Gasteiger partial charge in [-0.2, -0.15) is 5.26 Å². The highest BCUT2D eigenvalue weighted by Gasteiger charge is 2.07. The van der Waals surface area contributed by atoms with Crippen LogP contribution in [-0.2, 0) is 11.1 Å². The molecule has 1 rings (SSSR count). The van der Waals surface area contributed by atoms with Crippen molar-refractivity contribution in [3.8, 4) is 6.07 Å². The lowest BCUT2D eigenvalue weighted by Gasteiger charge is -1.96. The second-order valence-electron chi connectivity index (χ2n) is 2.00. The Labute approximate surface area is 70.7 Å². The minimum Gasteiger partial charge on any atom is -0.302 e. The lowest BCUT2D eigenvalue weighted by atomic mass is 10.2. The Morgan fingerprint density at radius 3 is 2.75 bits per heavy atom. The maximum absolute atomic E-state index is 12.5. The van der Waals surface area contributed by atoms with Gasteiger partial charge in [0.25, 0.3) is 0 Å². The van der Waals surface area contributed by atoms with Crippen LogP contribution in [0.1, 0.15) is 5.56 Å². The van der Waals surface area contributed by atoms with Crippen LogP contribution in [-0.4, -0.2) is 8.76 Å². The summed E-state index contributed by atoms with van der Waals surface area (Å²) in [5.41, 5.74) is -0.115. The lowest BCUT2D eigenvalue weighted by Crippen LogP contribution is -1.93. The van der Waals surface area contributed by atoms with Gasteiger partial charge in [0.1, 0.15) is 11.9 Å². The fourth-order valence-electron chi connectivity index (χ4n) is 0.742. The van der Waals surface area contributed by atoms with E-state index < -0.39 is 16.9 Å². The van der Waals surface area contributed by atoms with Gasteiger partial charge < -0.3 is 4.55 Å². The number of rotatable bonds is 1. The number of hydrogen-bond donors (Lipinski definition) is 1. The van der Waals surface area contributed by atoms with Crippen molar-refractivity contribution >= 4 is 11.1 Å². The molecule has 12 heavy (non-hydrogen) atoms. The molecule has 0 aliphatic rings. The Balaban J connectivity index is 3.32. The summed E-state index contributed by atoms with van der Waals surface area (Å²) in [5.74, 6) is -0.597. The third-order valence-electron chi connectivity index (χ3n) is 1.25. The number of nitriles is 1. The fourth-order valence-corrected chi connectivity index (χ4v) is 1.22. The number of benzene rings is 1. The molecule has 0 spiro atoms. The second-order valence-corrected chi connectivity index (χ2v) is 2.94. The van der Waals surface area contributed by atoms with Crippen LogP contribution in [0.5, 0.6) is 0 Å². The molecule has 1 N–H and O–H groups in total. The molecule has 1 aromatic rings. The molecule has 0 saturated carbocycles. The van der Waals surface area contributed by atoms with Crippen LogP contribution in [0.25, 0.3) is 0 Å². The highest BCUT2D eigenvalue weighted by Crippen LogP contribution is 2.12. The van der Waals surface area contributed by atoms with E-state index in [0.29, 0.717) is 0 Å². The Hall–Kier alpha value is -1.25. The Bertz CT molecular complexity index is 372. The number of nitrogens with zero attached hydrogens (tertiary/aromatic N) is 1. The molecular weight excluding hydrogens is 181 g/mol. The van der Waals surface area contributed by atoms with Crippen LogP contribution in [0.4, 0.5) is 4.39 Å². The van der Waals surface area contributed by atoms with Gasteiger partial charge in [0.15, 0.2) is 11.1 Å². The van der Waals surface area contributed by atoms with Crippen molar-refractivity contribution in [1.29, 1.82) is 5.26 Å². The van der Waals surface area contributed by atoms with Crippen molar-refractivity contribution in [3.63, 3.8) is 0 Å². The first kappa shape index (κ1) is 8.84. The lowest BCUT2D eigenvalue weighted by molar-refractivity contribution is 0.563. The predicted octanol–water partition coefficient (Wildman–Crippen LogP) is 1.28. The Kier molecular flexibility index (Phi) is 2.53. The van der Waals surface area contributed by atoms with E-state index in [1.807, 2.05) is 0 Å². The van der Waals surface area contributed by atoms with Gasteiger partial charge >= 0.3 is 0 Å². The Morgan fingerprint density at radius 2 is 2.25 bits per heavy atom. The molecule has 1 unspecified atom stereocenters. The van der Waals surface area contributed by atoms with Gasteiger partial charge in [-0.1, -0.05) is 0 Å². The standard InChI is InChI=1S/C7H4FNO2S/c8-6-1-2-7(12(10)11)5(3-6)4-9/h1-3H,(H,10,11). The van der Waals surface area contributed by atoms with Crippen molar-refractivity contribution in [2.75, 3.05) is 0 Å². The van der Waals surface area contributed by atoms with Crippen molar-refractivity contribution in [3.05, 3.63) is 29.6 Å². The van der Waals surface area contributed by atoms with Crippen LogP contribution in [0.3, 0.4) is 0 Å². The highest BCUT2D eigenvalue weighted by molar-refractivity contribution is 7.79. The normalized spacial score (nSPS) is 12.1. The minimum atomic E-state index is -2.24. The zero-order valence-corrected chi connectivity index (χ0v) is 6.64. The molecular formula is C7H4FNO2S. The third-order valence-corrected chi connectivity index (χ3v) is 1.98. The smallest absolute Gasteiger partial charge is 0.187 e. The average molecular weight is 185 g/mol. The molecule has 0 bridgehead atoms. The summed E-state index contributed by atoms with van der Waals surface area (Å²) >= 11 is -2.24. The minimum absolute atomic E-state index is 0.0705. The Morgan fingerprint density at radius 1 is 1.58 bits per heavy atom. The molecule has 3 nitrogen and oxygen atoms in total. The van der Waals surface area contributed by atoms with Gasteiger partial charge in [0, 0.05) is 0 Å². The maximum Gasteiger partial charge on any atom is 0.187 e. The van der Waals surface area contributed by atoms with Crippen LogP contribution in [0.2, 0.25) is 0 Å². The molecule has 0 saturated heterocycles. The van der Waals surface area contributed by atoms with Gasteiger partial charge in [0.05, 0.1) is 10.5 Å². The predicted molar refractivity (Wildman–Crippen MR) is 40.2 cm³/mol. The van der Waals surface area contributed by atoms with E-state index in [0.717, 1.165) is 18.2 Å². The van der Waals surface area contributed by atoms with Crippen LogP contribution < -0.4 is 0 Å². The maximum atomic E-state index is 12.5. The summed E-state index contributed by atoms with van der Waals surface area (Å²) in [5, 5.41) is 8.43. The summed E-state index contributed by atoms with van der Waals surface area (Å²) in [4.78, 5) is -0.0705. The zero-order chi connectivity index (χ0) is 9.14. The first-order chi connectivity index (χ1) is 5.65. The summed E-state index contributed by atoms with van der Waals surface area (Å²) in [6.07, 6.45) is 0. The van der Waals surface area contributed by atoms with Crippen LogP contribution in [0.15, 0.2) is 23.1 Å². The molecule has 62 valence electrons. The highest BCUT2D eigenvalue weighted by atomic mass is 32.2. The van der Waals surface area contributed by atoms with E-state index in [1.54, 1.807) is 6.07 Å².